The maximum atomic E-state index is 11.9. The topological polar surface area (TPSA) is 86.5 Å². The molecule has 2 aliphatic heterocycles. The van der Waals surface area contributed by atoms with Crippen molar-refractivity contribution in [1.82, 2.24) is 4.98 Å². The molecule has 7 heteroatoms. The normalized spacial score (nSPS) is 18.6. The van der Waals surface area contributed by atoms with Gasteiger partial charge in [-0.1, -0.05) is 6.58 Å². The number of carbonyl (C=O) groups excluding carboxylic acids is 1. The van der Waals surface area contributed by atoms with Gasteiger partial charge in [0, 0.05) is 30.8 Å². The van der Waals surface area contributed by atoms with Gasteiger partial charge in [0.25, 0.3) is 0 Å². The molecule has 0 bridgehead atoms. The predicted molar refractivity (Wildman–Crippen MR) is 123 cm³/mol. The summed E-state index contributed by atoms with van der Waals surface area (Å²) in [7, 11) is 0. The van der Waals surface area contributed by atoms with Crippen molar-refractivity contribution in [2.45, 2.75) is 70.6 Å². The van der Waals surface area contributed by atoms with Crippen molar-refractivity contribution in [2.24, 2.45) is 0 Å². The first kappa shape index (κ1) is 23.4. The Hall–Kier alpha value is -2.30. The van der Waals surface area contributed by atoms with E-state index in [2.05, 4.69) is 17.5 Å². The predicted octanol–water partition coefficient (Wildman–Crippen LogP) is 4.86. The van der Waals surface area contributed by atoms with Gasteiger partial charge in [-0.15, -0.1) is 11.8 Å². The van der Waals surface area contributed by atoms with Crippen molar-refractivity contribution in [1.29, 1.82) is 5.26 Å². The molecule has 1 N–H and O–H groups in total. The molecule has 0 aromatic carbocycles. The molecule has 0 aliphatic carbocycles. The van der Waals surface area contributed by atoms with E-state index in [0.717, 1.165) is 42.9 Å². The summed E-state index contributed by atoms with van der Waals surface area (Å²) < 4.78 is 6.08. The molecule has 1 saturated heterocycles. The lowest BCUT2D eigenvalue weighted by Crippen LogP contribution is -2.36. The molecule has 0 saturated carbocycles. The van der Waals surface area contributed by atoms with Crippen LogP contribution in [0.2, 0.25) is 0 Å². The first-order chi connectivity index (χ1) is 14.6. The van der Waals surface area contributed by atoms with Crippen molar-refractivity contribution in [3.05, 3.63) is 40.2 Å². The second-order valence-corrected chi connectivity index (χ2v) is 9.83. The molecule has 1 aromatic rings. The molecule has 1 aromatic heterocycles. The second kappa shape index (κ2) is 9.46. The van der Waals surface area contributed by atoms with E-state index in [1.54, 1.807) is 0 Å². The van der Waals surface area contributed by atoms with Gasteiger partial charge in [0.15, 0.2) is 5.78 Å². The second-order valence-electron chi connectivity index (χ2n) is 8.87. The molecule has 0 amide bonds. The summed E-state index contributed by atoms with van der Waals surface area (Å²) in [6.07, 6.45) is 4.13. The number of nitriles is 1. The lowest BCUT2D eigenvalue weighted by molar-refractivity contribution is -0.113. The first-order valence-electron chi connectivity index (χ1n) is 10.7. The molecule has 0 unspecified atom stereocenters. The van der Waals surface area contributed by atoms with E-state index in [1.165, 1.54) is 32.0 Å². The van der Waals surface area contributed by atoms with Crippen molar-refractivity contribution in [3.63, 3.8) is 0 Å². The van der Waals surface area contributed by atoms with Crippen molar-refractivity contribution in [2.75, 3.05) is 23.7 Å². The Bertz CT molecular complexity index is 965. The molecular weight excluding hydrogens is 410 g/mol. The minimum atomic E-state index is -0.344. The van der Waals surface area contributed by atoms with Gasteiger partial charge < -0.3 is 14.7 Å². The number of carbonyl (C=O) groups is 1. The molecule has 0 radical (unpaired) electrons. The number of Topliss-reactive ketones (excluding diaryl/α,β-unsaturated/α-hetero) is 1. The van der Waals surface area contributed by atoms with Crippen LogP contribution in [-0.4, -0.2) is 40.3 Å². The van der Waals surface area contributed by atoms with Crippen LogP contribution < -0.4 is 4.90 Å². The Kier molecular flexibility index (Phi) is 7.13. The minimum Gasteiger partial charge on any atom is -0.512 e. The summed E-state index contributed by atoms with van der Waals surface area (Å²) in [5, 5.41) is 20.5. The van der Waals surface area contributed by atoms with Crippen molar-refractivity contribution >= 4 is 23.4 Å². The third kappa shape index (κ3) is 5.13. The van der Waals surface area contributed by atoms with Crippen LogP contribution in [-0.2, 0) is 22.6 Å². The molecule has 3 rings (SSSR count). The number of piperidine rings is 1. The van der Waals surface area contributed by atoms with E-state index in [4.69, 9.17) is 9.72 Å². The number of aromatic nitrogens is 1. The van der Waals surface area contributed by atoms with Gasteiger partial charge in [0.2, 0.25) is 0 Å². The van der Waals surface area contributed by atoms with Crippen LogP contribution in [0.3, 0.4) is 0 Å². The van der Waals surface area contributed by atoms with Gasteiger partial charge in [-0.2, -0.15) is 5.26 Å². The largest absolute Gasteiger partial charge is 0.512 e. The highest BCUT2D eigenvalue weighted by atomic mass is 32.2. The standard InChI is InChI=1S/C24H31N3O3S/c1-15(21(16(2)28)17(3)29)14-31-23-19(12-25)18-11-24(4,5)30-13-20(18)22(26-23)27-9-7-6-8-10-27/h28H,1,6-11,13-14H2,2-5H3. The summed E-state index contributed by atoms with van der Waals surface area (Å²) >= 11 is 1.40. The Balaban J connectivity index is 2.01. The summed E-state index contributed by atoms with van der Waals surface area (Å²) in [6.45, 7) is 13.3. The van der Waals surface area contributed by atoms with Crippen LogP contribution in [0.4, 0.5) is 5.82 Å². The SMILES string of the molecule is C=C(CSc1nc(N2CCCCC2)c2c(c1C#N)CC(C)(C)OC2)C(C(C)=O)=C(C)O. The highest BCUT2D eigenvalue weighted by Gasteiger charge is 2.33. The summed E-state index contributed by atoms with van der Waals surface area (Å²) in [5.41, 5.74) is 3.06. The van der Waals surface area contributed by atoms with Crippen LogP contribution in [0.5, 0.6) is 0 Å². The lowest BCUT2D eigenvalue weighted by Gasteiger charge is -2.37. The maximum Gasteiger partial charge on any atom is 0.163 e. The Morgan fingerprint density at radius 1 is 1.29 bits per heavy atom. The number of rotatable bonds is 6. The van der Waals surface area contributed by atoms with Crippen molar-refractivity contribution in [3.8, 4) is 6.07 Å². The average Bonchev–Trinajstić information content (AvgIpc) is 2.70. The van der Waals surface area contributed by atoms with E-state index in [-0.39, 0.29) is 22.7 Å². The molecular formula is C24H31N3O3S. The molecule has 1 fully saturated rings. The summed E-state index contributed by atoms with van der Waals surface area (Å²) in [6, 6.07) is 2.37. The number of aliphatic hydroxyl groups excluding tert-OH is 1. The lowest BCUT2D eigenvalue weighted by atomic mass is 9.89. The van der Waals surface area contributed by atoms with Gasteiger partial charge in [0.05, 0.1) is 23.3 Å². The minimum absolute atomic E-state index is 0.0371. The fourth-order valence-corrected chi connectivity index (χ4v) is 5.22. The van der Waals surface area contributed by atoms with Gasteiger partial charge in [-0.05, 0) is 58.1 Å². The Morgan fingerprint density at radius 3 is 2.55 bits per heavy atom. The Labute approximate surface area is 189 Å². The van der Waals surface area contributed by atoms with Gasteiger partial charge in [-0.3, -0.25) is 4.79 Å². The number of anilines is 1. The van der Waals surface area contributed by atoms with E-state index < -0.39 is 0 Å². The fourth-order valence-electron chi connectivity index (χ4n) is 4.30. The number of aliphatic hydroxyl groups is 1. The molecule has 0 atom stereocenters. The van der Waals surface area contributed by atoms with Gasteiger partial charge >= 0.3 is 0 Å². The number of thioether (sulfide) groups is 1. The number of pyridine rings is 1. The fraction of sp³-hybridized carbons (Fsp3) is 0.542. The van der Waals surface area contributed by atoms with Crippen LogP contribution in [0.25, 0.3) is 0 Å². The molecule has 3 heterocycles. The molecule has 166 valence electrons. The molecule has 0 spiro atoms. The molecule has 6 nitrogen and oxygen atoms in total. The highest BCUT2D eigenvalue weighted by Crippen LogP contribution is 2.39. The Morgan fingerprint density at radius 2 is 1.97 bits per heavy atom. The quantitative estimate of drug-likeness (QED) is 0.292. The number of hydrogen-bond donors (Lipinski definition) is 1. The zero-order valence-electron chi connectivity index (χ0n) is 18.9. The number of fused-ring (bicyclic) bond motifs is 1. The average molecular weight is 442 g/mol. The van der Waals surface area contributed by atoms with Crippen LogP contribution >= 0.6 is 11.8 Å². The van der Waals surface area contributed by atoms with E-state index >= 15 is 0 Å². The number of nitrogens with zero attached hydrogens (tertiary/aromatic N) is 3. The van der Waals surface area contributed by atoms with Crippen LogP contribution in [0.15, 0.2) is 28.5 Å². The van der Waals surface area contributed by atoms with Crippen LogP contribution in [0.1, 0.15) is 63.6 Å². The first-order valence-corrected chi connectivity index (χ1v) is 11.7. The smallest absolute Gasteiger partial charge is 0.163 e. The van der Waals surface area contributed by atoms with Crippen molar-refractivity contribution < 1.29 is 14.6 Å². The summed E-state index contributed by atoms with van der Waals surface area (Å²) in [5.74, 6) is 1.02. The zero-order valence-corrected chi connectivity index (χ0v) is 19.7. The molecule has 2 aliphatic rings. The number of ether oxygens (including phenoxy) is 1. The highest BCUT2D eigenvalue weighted by molar-refractivity contribution is 7.99. The van der Waals surface area contributed by atoms with Crippen LogP contribution in [0, 0.1) is 11.3 Å². The summed E-state index contributed by atoms with van der Waals surface area (Å²) in [4.78, 5) is 19.1. The molecule has 31 heavy (non-hydrogen) atoms. The number of allylic oxidation sites excluding steroid dienone is 2. The number of hydrogen-bond acceptors (Lipinski definition) is 7. The zero-order chi connectivity index (χ0) is 22.8. The van der Waals surface area contributed by atoms with E-state index in [9.17, 15) is 15.2 Å². The van der Waals surface area contributed by atoms with Gasteiger partial charge in [-0.25, -0.2) is 4.98 Å². The third-order valence-corrected chi connectivity index (χ3v) is 6.85. The third-order valence-electron chi connectivity index (χ3n) is 5.78. The van der Waals surface area contributed by atoms with E-state index in [0.29, 0.717) is 34.9 Å². The van der Waals surface area contributed by atoms with Gasteiger partial charge in [0.1, 0.15) is 22.7 Å². The maximum absolute atomic E-state index is 11.9. The monoisotopic (exact) mass is 441 g/mol. The number of ketones is 1. The van der Waals surface area contributed by atoms with E-state index in [1.807, 2.05) is 13.8 Å².